The van der Waals surface area contributed by atoms with Gasteiger partial charge in [0.2, 0.25) is 0 Å². The Morgan fingerprint density at radius 1 is 0.756 bits per heavy atom. The summed E-state index contributed by atoms with van der Waals surface area (Å²) in [5, 5.41) is 0. The van der Waals surface area contributed by atoms with Gasteiger partial charge in [-0.15, -0.1) is 0 Å². The molecule has 1 saturated heterocycles. The van der Waals surface area contributed by atoms with E-state index in [-0.39, 0.29) is 17.9 Å². The first-order valence-electron chi connectivity index (χ1n) is 15.8. The highest BCUT2D eigenvalue weighted by Crippen LogP contribution is 2.30. The molecule has 0 unspecified atom stereocenters. The molecule has 1 fully saturated rings. The van der Waals surface area contributed by atoms with Crippen LogP contribution in [0.5, 0.6) is 0 Å². The van der Waals surface area contributed by atoms with Crippen LogP contribution in [0, 0.1) is 0 Å². The monoisotopic (exact) mass is 600 g/mol. The third kappa shape index (κ3) is 7.10. The minimum absolute atomic E-state index is 0.0232. The molecule has 2 aromatic heterocycles. The molecule has 0 atom stereocenters. The molecule has 0 aliphatic carbocycles. The second-order valence-electron chi connectivity index (χ2n) is 11.5. The molecule has 2 amide bonds. The zero-order chi connectivity index (χ0) is 31.0. The Morgan fingerprint density at radius 2 is 1.38 bits per heavy atom. The normalized spacial score (nSPS) is 13.7. The quantitative estimate of drug-likeness (QED) is 0.169. The van der Waals surface area contributed by atoms with Crippen molar-refractivity contribution in [2.24, 2.45) is 0 Å². The first kappa shape index (κ1) is 30.2. The number of carbonyl (C=O) groups excluding carboxylic acids is 2. The van der Waals surface area contributed by atoms with Crippen molar-refractivity contribution in [2.45, 2.75) is 32.5 Å². The molecule has 1 aliphatic rings. The summed E-state index contributed by atoms with van der Waals surface area (Å²) in [4.78, 5) is 32.9. The smallest absolute Gasteiger partial charge is 0.289 e. The number of benzene rings is 3. The van der Waals surface area contributed by atoms with E-state index in [4.69, 9.17) is 4.42 Å². The molecule has 1 aliphatic heterocycles. The molecule has 7 nitrogen and oxygen atoms in total. The van der Waals surface area contributed by atoms with Crippen molar-refractivity contribution in [3.8, 4) is 0 Å². The van der Waals surface area contributed by atoms with Crippen molar-refractivity contribution in [1.29, 1.82) is 0 Å². The van der Waals surface area contributed by atoms with Gasteiger partial charge in [0, 0.05) is 50.2 Å². The molecular weight excluding hydrogens is 560 g/mol. The van der Waals surface area contributed by atoms with Crippen LogP contribution in [0.25, 0.3) is 0 Å². The second kappa shape index (κ2) is 14.3. The van der Waals surface area contributed by atoms with Gasteiger partial charge >= 0.3 is 0 Å². The van der Waals surface area contributed by atoms with Crippen LogP contribution in [0.2, 0.25) is 0 Å². The van der Waals surface area contributed by atoms with Gasteiger partial charge in [-0.2, -0.15) is 0 Å². The van der Waals surface area contributed by atoms with E-state index in [0.717, 1.165) is 25.2 Å². The van der Waals surface area contributed by atoms with Crippen molar-refractivity contribution in [1.82, 2.24) is 19.3 Å². The van der Waals surface area contributed by atoms with Gasteiger partial charge < -0.3 is 18.8 Å². The zero-order valence-corrected chi connectivity index (χ0v) is 25.8. The molecule has 0 N–H and O–H groups in total. The van der Waals surface area contributed by atoms with Crippen LogP contribution in [-0.2, 0) is 13.1 Å². The second-order valence-corrected chi connectivity index (χ2v) is 11.5. The molecule has 0 spiro atoms. The minimum Gasteiger partial charge on any atom is -0.454 e. The first-order chi connectivity index (χ1) is 22.1. The fourth-order valence-electron chi connectivity index (χ4n) is 6.20. The topological polar surface area (TPSA) is 61.9 Å². The predicted molar refractivity (Wildman–Crippen MR) is 176 cm³/mol. The highest BCUT2D eigenvalue weighted by Gasteiger charge is 2.29. The van der Waals surface area contributed by atoms with Crippen molar-refractivity contribution >= 4 is 11.8 Å². The number of amides is 2. The number of furan rings is 1. The van der Waals surface area contributed by atoms with Crippen molar-refractivity contribution in [2.75, 3.05) is 32.7 Å². The van der Waals surface area contributed by atoms with Crippen LogP contribution in [0.15, 0.2) is 126 Å². The van der Waals surface area contributed by atoms with Crippen LogP contribution in [-0.4, -0.2) is 63.8 Å². The maximum Gasteiger partial charge on any atom is 0.289 e. The van der Waals surface area contributed by atoms with Crippen molar-refractivity contribution in [3.05, 3.63) is 155 Å². The molecule has 45 heavy (non-hydrogen) atoms. The average Bonchev–Trinajstić information content (AvgIpc) is 3.75. The third-order valence-corrected chi connectivity index (χ3v) is 8.47. The molecule has 0 bridgehead atoms. The van der Waals surface area contributed by atoms with E-state index in [1.807, 2.05) is 76.7 Å². The third-order valence-electron chi connectivity index (χ3n) is 8.47. The van der Waals surface area contributed by atoms with E-state index in [0.29, 0.717) is 49.8 Å². The van der Waals surface area contributed by atoms with E-state index in [1.165, 1.54) is 11.1 Å². The van der Waals surface area contributed by atoms with Gasteiger partial charge in [0.05, 0.1) is 19.1 Å². The Labute approximate surface area is 265 Å². The van der Waals surface area contributed by atoms with Crippen LogP contribution in [0.4, 0.5) is 0 Å². The number of piperazine rings is 1. The standard InChI is InChI=1S/C38H40N4O3/c1-2-22-42(37(43)32-17-10-5-11-18-32)28-33-19-12-23-41(33)29-34-20-21-35(45-34)38(44)40-26-24-39(25-27-40)36(30-13-6-3-7-14-30)31-15-8-4-9-16-31/h3-21,23,36H,2,22,24-29H2,1H3. The average molecular weight is 601 g/mol. The highest BCUT2D eigenvalue weighted by atomic mass is 16.4. The van der Waals surface area contributed by atoms with Gasteiger partial charge in [0.1, 0.15) is 5.76 Å². The van der Waals surface area contributed by atoms with E-state index >= 15 is 0 Å². The maximum atomic E-state index is 13.5. The van der Waals surface area contributed by atoms with Gasteiger partial charge in [-0.3, -0.25) is 14.5 Å². The van der Waals surface area contributed by atoms with Gasteiger partial charge in [0.15, 0.2) is 5.76 Å². The molecule has 0 saturated carbocycles. The molecule has 3 aromatic carbocycles. The first-order valence-corrected chi connectivity index (χ1v) is 15.8. The largest absolute Gasteiger partial charge is 0.454 e. The van der Waals surface area contributed by atoms with Gasteiger partial charge in [-0.1, -0.05) is 85.8 Å². The Balaban J connectivity index is 1.09. The highest BCUT2D eigenvalue weighted by molar-refractivity contribution is 5.94. The van der Waals surface area contributed by atoms with Crippen molar-refractivity contribution < 1.29 is 14.0 Å². The summed E-state index contributed by atoms with van der Waals surface area (Å²) < 4.78 is 8.19. The summed E-state index contributed by atoms with van der Waals surface area (Å²) in [5.74, 6) is 1.02. The van der Waals surface area contributed by atoms with E-state index in [9.17, 15) is 9.59 Å². The molecule has 6 rings (SSSR count). The van der Waals surface area contributed by atoms with Gasteiger partial charge in [-0.05, 0) is 53.9 Å². The summed E-state index contributed by atoms with van der Waals surface area (Å²) in [6.45, 7) is 6.55. The SMILES string of the molecule is CCCN(Cc1cccn1Cc1ccc(C(=O)N2CCN(C(c3ccccc3)c3ccccc3)CC2)o1)C(=O)c1ccccc1. The van der Waals surface area contributed by atoms with Crippen LogP contribution < -0.4 is 0 Å². The lowest BCUT2D eigenvalue weighted by Gasteiger charge is -2.39. The molecule has 5 aromatic rings. The summed E-state index contributed by atoms with van der Waals surface area (Å²) >= 11 is 0. The van der Waals surface area contributed by atoms with Gasteiger partial charge in [-0.25, -0.2) is 0 Å². The predicted octanol–water partition coefficient (Wildman–Crippen LogP) is 6.73. The van der Waals surface area contributed by atoms with Gasteiger partial charge in [0.25, 0.3) is 11.8 Å². The summed E-state index contributed by atoms with van der Waals surface area (Å²) in [6, 6.07) is 38.4. The van der Waals surface area contributed by atoms with Crippen molar-refractivity contribution in [3.63, 3.8) is 0 Å². The molecular formula is C38H40N4O3. The number of hydrogen-bond acceptors (Lipinski definition) is 4. The lowest BCUT2D eigenvalue weighted by molar-refractivity contribution is 0.0565. The Kier molecular flexibility index (Phi) is 9.56. The summed E-state index contributed by atoms with van der Waals surface area (Å²) in [7, 11) is 0. The van der Waals surface area contributed by atoms with E-state index < -0.39 is 0 Å². The van der Waals surface area contributed by atoms with Crippen LogP contribution in [0.1, 0.15) is 62.9 Å². The summed E-state index contributed by atoms with van der Waals surface area (Å²) in [6.07, 6.45) is 2.86. The fraction of sp³-hybridized carbons (Fsp3) is 0.263. The number of hydrogen-bond donors (Lipinski definition) is 0. The number of nitrogens with zero attached hydrogens (tertiary/aromatic N) is 4. The lowest BCUT2D eigenvalue weighted by Crippen LogP contribution is -2.49. The Hall–Kier alpha value is -4.88. The number of rotatable bonds is 11. The maximum absolute atomic E-state index is 13.5. The Morgan fingerprint density at radius 3 is 2.00 bits per heavy atom. The molecule has 230 valence electrons. The van der Waals surface area contributed by atoms with E-state index in [1.54, 1.807) is 6.07 Å². The molecule has 3 heterocycles. The molecule has 7 heteroatoms. The van der Waals surface area contributed by atoms with E-state index in [2.05, 4.69) is 64.9 Å². The summed E-state index contributed by atoms with van der Waals surface area (Å²) in [5.41, 5.74) is 4.21. The molecule has 0 radical (unpaired) electrons. The minimum atomic E-state index is -0.0767. The number of carbonyl (C=O) groups is 2. The number of aromatic nitrogens is 1. The zero-order valence-electron chi connectivity index (χ0n) is 25.8. The lowest BCUT2D eigenvalue weighted by atomic mass is 9.96. The van der Waals surface area contributed by atoms with Crippen LogP contribution in [0.3, 0.4) is 0 Å². The Bertz CT molecular complexity index is 1630. The van der Waals surface area contributed by atoms with Crippen LogP contribution >= 0.6 is 0 Å². The fourth-order valence-corrected chi connectivity index (χ4v) is 6.20.